The highest BCUT2D eigenvalue weighted by Gasteiger charge is 2.25. The molecule has 3 N–H and O–H groups in total. The summed E-state index contributed by atoms with van der Waals surface area (Å²) in [6.07, 6.45) is 7.50. The average molecular weight is 432 g/mol. The quantitative estimate of drug-likeness (QED) is 0.483. The molecular formula is C23H21N5O2S. The van der Waals surface area contributed by atoms with Crippen molar-refractivity contribution < 1.29 is 9.53 Å². The number of ether oxygens (including phenoxy) is 1. The van der Waals surface area contributed by atoms with E-state index in [0.717, 1.165) is 52.7 Å². The highest BCUT2D eigenvalue weighted by atomic mass is 32.1. The molecule has 0 unspecified atom stereocenters. The lowest BCUT2D eigenvalue weighted by atomic mass is 9.95. The molecule has 1 aliphatic carbocycles. The molecule has 1 amide bonds. The highest BCUT2D eigenvalue weighted by molar-refractivity contribution is 7.16. The minimum absolute atomic E-state index is 0.412. The van der Waals surface area contributed by atoms with Crippen molar-refractivity contribution in [3.8, 4) is 17.1 Å². The van der Waals surface area contributed by atoms with E-state index in [1.807, 2.05) is 30.3 Å². The molecule has 7 nitrogen and oxygen atoms in total. The van der Waals surface area contributed by atoms with Crippen LogP contribution < -0.4 is 15.8 Å². The minimum Gasteiger partial charge on any atom is -0.497 e. The summed E-state index contributed by atoms with van der Waals surface area (Å²) < 4.78 is 5.41. The molecule has 0 radical (unpaired) electrons. The molecule has 0 spiro atoms. The van der Waals surface area contributed by atoms with Gasteiger partial charge in [0.15, 0.2) is 5.82 Å². The number of amides is 1. The fourth-order valence-electron chi connectivity index (χ4n) is 3.98. The normalized spacial score (nSPS) is 13.1. The standard InChI is InChI=1S/C23H21N5O2S/c1-30-14-8-9-17-16(11-14)22(27-21(26-17)13-5-4-10-25-12-13)28-23-19(20(24)29)15-6-2-3-7-18(15)31-23/h4-5,8-12H,2-3,6-7H2,1H3,(H2,24,29)(H,26,27,28). The second-order valence-electron chi connectivity index (χ2n) is 7.42. The Balaban J connectivity index is 1.68. The van der Waals surface area contributed by atoms with E-state index in [1.54, 1.807) is 30.8 Å². The number of nitrogens with zero attached hydrogens (tertiary/aromatic N) is 3. The maximum Gasteiger partial charge on any atom is 0.251 e. The molecule has 4 aromatic rings. The Morgan fingerprint density at radius 3 is 2.84 bits per heavy atom. The van der Waals surface area contributed by atoms with Crippen LogP contribution in [-0.2, 0) is 12.8 Å². The SMILES string of the molecule is COc1ccc2nc(-c3cccnc3)nc(Nc3sc4c(c3C(N)=O)CCCC4)c2c1. The van der Waals surface area contributed by atoms with Crippen LogP contribution in [0.25, 0.3) is 22.3 Å². The molecule has 31 heavy (non-hydrogen) atoms. The van der Waals surface area contributed by atoms with Gasteiger partial charge in [-0.25, -0.2) is 9.97 Å². The van der Waals surface area contributed by atoms with Crippen molar-refractivity contribution in [2.75, 3.05) is 12.4 Å². The van der Waals surface area contributed by atoms with Crippen LogP contribution in [0.1, 0.15) is 33.6 Å². The van der Waals surface area contributed by atoms with Gasteiger partial charge in [-0.05, 0) is 61.6 Å². The second-order valence-corrected chi connectivity index (χ2v) is 8.53. The monoisotopic (exact) mass is 431 g/mol. The predicted molar refractivity (Wildman–Crippen MR) is 122 cm³/mol. The lowest BCUT2D eigenvalue weighted by molar-refractivity contribution is 0.100. The summed E-state index contributed by atoms with van der Waals surface area (Å²) in [6, 6.07) is 9.42. The number of aryl methyl sites for hydroxylation is 1. The van der Waals surface area contributed by atoms with E-state index in [0.29, 0.717) is 23.0 Å². The number of primary amides is 1. The maximum atomic E-state index is 12.3. The number of nitrogens with two attached hydrogens (primary N) is 1. The fraction of sp³-hybridized carbons (Fsp3) is 0.217. The largest absolute Gasteiger partial charge is 0.497 e. The Morgan fingerprint density at radius 2 is 2.06 bits per heavy atom. The Morgan fingerprint density at radius 1 is 1.19 bits per heavy atom. The maximum absolute atomic E-state index is 12.3. The number of hydrogen-bond acceptors (Lipinski definition) is 7. The van der Waals surface area contributed by atoms with Crippen molar-refractivity contribution in [1.29, 1.82) is 0 Å². The van der Waals surface area contributed by atoms with Gasteiger partial charge in [0.1, 0.15) is 16.6 Å². The first-order valence-electron chi connectivity index (χ1n) is 10.1. The zero-order chi connectivity index (χ0) is 21.4. The van der Waals surface area contributed by atoms with E-state index in [9.17, 15) is 4.79 Å². The molecule has 0 atom stereocenters. The number of benzene rings is 1. The molecule has 0 saturated carbocycles. The molecule has 0 aliphatic heterocycles. The van der Waals surface area contributed by atoms with Crippen LogP contribution >= 0.6 is 11.3 Å². The smallest absolute Gasteiger partial charge is 0.251 e. The molecule has 8 heteroatoms. The Hall–Kier alpha value is -3.52. The topological polar surface area (TPSA) is 103 Å². The molecule has 0 saturated heterocycles. The van der Waals surface area contributed by atoms with Crippen molar-refractivity contribution in [3.63, 3.8) is 0 Å². The van der Waals surface area contributed by atoms with Crippen molar-refractivity contribution in [2.45, 2.75) is 25.7 Å². The van der Waals surface area contributed by atoms with Crippen LogP contribution in [0.5, 0.6) is 5.75 Å². The number of rotatable bonds is 5. The van der Waals surface area contributed by atoms with Gasteiger partial charge in [0.2, 0.25) is 0 Å². The Labute approximate surface area is 183 Å². The van der Waals surface area contributed by atoms with Gasteiger partial charge in [-0.15, -0.1) is 11.3 Å². The summed E-state index contributed by atoms with van der Waals surface area (Å²) in [5.41, 5.74) is 9.01. The zero-order valence-electron chi connectivity index (χ0n) is 17.0. The highest BCUT2D eigenvalue weighted by Crippen LogP contribution is 2.40. The van der Waals surface area contributed by atoms with Gasteiger partial charge in [0, 0.05) is 28.2 Å². The molecule has 0 bridgehead atoms. The summed E-state index contributed by atoms with van der Waals surface area (Å²) in [7, 11) is 1.62. The lowest BCUT2D eigenvalue weighted by Gasteiger charge is -2.13. The number of aromatic nitrogens is 3. The second kappa shape index (κ2) is 7.96. The van der Waals surface area contributed by atoms with Gasteiger partial charge in [-0.3, -0.25) is 9.78 Å². The van der Waals surface area contributed by atoms with Gasteiger partial charge in [-0.1, -0.05) is 0 Å². The van der Waals surface area contributed by atoms with Gasteiger partial charge in [-0.2, -0.15) is 0 Å². The van der Waals surface area contributed by atoms with Crippen LogP contribution in [0.4, 0.5) is 10.8 Å². The predicted octanol–water partition coefficient (Wildman–Crippen LogP) is 4.48. The van der Waals surface area contributed by atoms with Crippen molar-refractivity contribution in [1.82, 2.24) is 15.0 Å². The molecule has 3 heterocycles. The van der Waals surface area contributed by atoms with Gasteiger partial charge >= 0.3 is 0 Å². The zero-order valence-corrected chi connectivity index (χ0v) is 17.8. The Bertz CT molecular complexity index is 1290. The number of carbonyl (C=O) groups is 1. The van der Waals surface area contributed by atoms with Crippen molar-refractivity contribution in [3.05, 3.63) is 58.7 Å². The molecule has 1 aromatic carbocycles. The molecule has 1 aliphatic rings. The summed E-state index contributed by atoms with van der Waals surface area (Å²) in [6.45, 7) is 0. The van der Waals surface area contributed by atoms with Crippen LogP contribution in [0, 0.1) is 0 Å². The van der Waals surface area contributed by atoms with Crippen LogP contribution in [0.3, 0.4) is 0 Å². The number of thiophene rings is 1. The molecular weight excluding hydrogens is 410 g/mol. The number of hydrogen-bond donors (Lipinski definition) is 2. The van der Waals surface area contributed by atoms with Crippen LogP contribution in [0.2, 0.25) is 0 Å². The van der Waals surface area contributed by atoms with E-state index in [1.165, 1.54) is 4.88 Å². The van der Waals surface area contributed by atoms with E-state index in [2.05, 4.69) is 10.3 Å². The van der Waals surface area contributed by atoms with Gasteiger partial charge in [0.25, 0.3) is 5.91 Å². The molecule has 0 fully saturated rings. The molecule has 3 aromatic heterocycles. The molecule has 5 rings (SSSR count). The van der Waals surface area contributed by atoms with E-state index in [-0.39, 0.29) is 0 Å². The number of carbonyl (C=O) groups excluding carboxylic acids is 1. The number of pyridine rings is 1. The number of methoxy groups -OCH3 is 1. The lowest BCUT2D eigenvalue weighted by Crippen LogP contribution is -2.15. The van der Waals surface area contributed by atoms with Gasteiger partial charge < -0.3 is 15.8 Å². The Kier molecular flexibility index (Phi) is 4.99. The third kappa shape index (κ3) is 3.59. The first-order chi connectivity index (χ1) is 15.1. The summed E-state index contributed by atoms with van der Waals surface area (Å²) in [5.74, 6) is 1.44. The average Bonchev–Trinajstić information content (AvgIpc) is 3.17. The van der Waals surface area contributed by atoms with E-state index >= 15 is 0 Å². The third-order valence-corrected chi connectivity index (χ3v) is 6.68. The number of nitrogens with one attached hydrogen (secondary N) is 1. The van der Waals surface area contributed by atoms with Crippen LogP contribution in [0.15, 0.2) is 42.7 Å². The summed E-state index contributed by atoms with van der Waals surface area (Å²) >= 11 is 1.59. The van der Waals surface area contributed by atoms with E-state index < -0.39 is 5.91 Å². The number of anilines is 2. The minimum atomic E-state index is -0.412. The summed E-state index contributed by atoms with van der Waals surface area (Å²) in [4.78, 5) is 27.2. The van der Waals surface area contributed by atoms with Crippen molar-refractivity contribution >= 4 is 39.0 Å². The first kappa shape index (κ1) is 19.4. The number of fused-ring (bicyclic) bond motifs is 2. The third-order valence-electron chi connectivity index (χ3n) is 5.47. The van der Waals surface area contributed by atoms with Crippen molar-refractivity contribution in [2.24, 2.45) is 5.73 Å². The fourth-order valence-corrected chi connectivity index (χ4v) is 5.27. The van der Waals surface area contributed by atoms with E-state index in [4.69, 9.17) is 20.4 Å². The summed E-state index contributed by atoms with van der Waals surface area (Å²) in [5, 5.41) is 4.94. The van der Waals surface area contributed by atoms with Crippen LogP contribution in [-0.4, -0.2) is 28.0 Å². The first-order valence-corrected chi connectivity index (χ1v) is 10.9. The van der Waals surface area contributed by atoms with Gasteiger partial charge in [0.05, 0.1) is 18.2 Å². The molecule has 156 valence electrons.